The molecule has 3 rings (SSSR count). The minimum atomic E-state index is -0.253. The van der Waals surface area contributed by atoms with Gasteiger partial charge in [0, 0.05) is 18.7 Å². The first-order valence-corrected chi connectivity index (χ1v) is 7.18. The average Bonchev–Trinajstić information content (AvgIpc) is 2.92. The molecule has 3 aromatic rings. The summed E-state index contributed by atoms with van der Waals surface area (Å²) in [7, 11) is 0. The van der Waals surface area contributed by atoms with Gasteiger partial charge in [0.2, 0.25) is 0 Å². The molecule has 0 fully saturated rings. The molecule has 2 nitrogen and oxygen atoms in total. The molecule has 0 unspecified atom stereocenters. The molecular formula is C19H16FNO. The third kappa shape index (κ3) is 3.14. The highest BCUT2D eigenvalue weighted by molar-refractivity contribution is 5.73. The van der Waals surface area contributed by atoms with Crippen molar-refractivity contribution in [2.45, 2.75) is 13.0 Å². The Hall–Kier alpha value is -2.68. The molecule has 2 aromatic carbocycles. The highest BCUT2D eigenvalue weighted by Gasteiger charge is 2.09. The lowest BCUT2D eigenvalue weighted by molar-refractivity contribution is 0.111. The Kier molecular flexibility index (Phi) is 4.15. The molecule has 0 spiro atoms. The highest BCUT2D eigenvalue weighted by Crippen LogP contribution is 2.16. The lowest BCUT2D eigenvalue weighted by Gasteiger charge is -2.11. The summed E-state index contributed by atoms with van der Waals surface area (Å²) < 4.78 is 15.0. The summed E-state index contributed by atoms with van der Waals surface area (Å²) in [6.07, 6.45) is 1.62. The van der Waals surface area contributed by atoms with Gasteiger partial charge in [-0.2, -0.15) is 0 Å². The molecule has 110 valence electrons. The summed E-state index contributed by atoms with van der Waals surface area (Å²) in [4.78, 5) is 11.3. The number of hydrogen-bond acceptors (Lipinski definition) is 1. The van der Waals surface area contributed by atoms with Crippen molar-refractivity contribution in [2.75, 3.05) is 0 Å². The molecule has 1 heterocycles. The van der Waals surface area contributed by atoms with Gasteiger partial charge in [0.15, 0.2) is 6.29 Å². The van der Waals surface area contributed by atoms with Crippen molar-refractivity contribution >= 4 is 6.29 Å². The van der Waals surface area contributed by atoms with Crippen LogP contribution in [0.4, 0.5) is 4.39 Å². The van der Waals surface area contributed by atoms with Crippen molar-refractivity contribution in [3.8, 4) is 0 Å². The number of benzene rings is 2. The van der Waals surface area contributed by atoms with Crippen LogP contribution in [0.1, 0.15) is 27.3 Å². The van der Waals surface area contributed by atoms with E-state index in [4.69, 9.17) is 0 Å². The van der Waals surface area contributed by atoms with Gasteiger partial charge < -0.3 is 4.57 Å². The quantitative estimate of drug-likeness (QED) is 0.650. The van der Waals surface area contributed by atoms with E-state index in [2.05, 4.69) is 12.1 Å². The lowest BCUT2D eigenvalue weighted by Crippen LogP contribution is -2.08. The molecule has 0 aliphatic rings. The number of nitrogens with zero attached hydrogens (tertiary/aromatic N) is 1. The minimum Gasteiger partial charge on any atom is -0.338 e. The summed E-state index contributed by atoms with van der Waals surface area (Å²) in [5.74, 6) is -0.253. The first-order chi connectivity index (χ1) is 10.8. The number of hydrogen-bond donors (Lipinski definition) is 0. The van der Waals surface area contributed by atoms with E-state index in [0.717, 1.165) is 24.0 Å². The number of carbonyl (C=O) groups is 1. The van der Waals surface area contributed by atoms with Crippen LogP contribution in [0.5, 0.6) is 0 Å². The largest absolute Gasteiger partial charge is 0.338 e. The van der Waals surface area contributed by atoms with Gasteiger partial charge in [-0.1, -0.05) is 42.5 Å². The van der Waals surface area contributed by atoms with Crippen LogP contribution in [0.2, 0.25) is 0 Å². The van der Waals surface area contributed by atoms with E-state index in [1.54, 1.807) is 12.1 Å². The fourth-order valence-corrected chi connectivity index (χ4v) is 2.55. The van der Waals surface area contributed by atoms with Gasteiger partial charge in [-0.25, -0.2) is 4.39 Å². The molecular weight excluding hydrogens is 277 g/mol. The second-order valence-corrected chi connectivity index (χ2v) is 5.24. The zero-order valence-electron chi connectivity index (χ0n) is 12.1. The van der Waals surface area contributed by atoms with Crippen molar-refractivity contribution in [1.82, 2.24) is 4.57 Å². The Morgan fingerprint density at radius 2 is 1.59 bits per heavy atom. The van der Waals surface area contributed by atoms with E-state index >= 15 is 0 Å². The topological polar surface area (TPSA) is 22.0 Å². The van der Waals surface area contributed by atoms with E-state index < -0.39 is 0 Å². The van der Waals surface area contributed by atoms with Crippen LogP contribution in [0.15, 0.2) is 66.7 Å². The predicted molar refractivity (Wildman–Crippen MR) is 84.6 cm³/mol. The standard InChI is InChI=1S/C19H16FNO/c20-17-8-6-16(7-9-17)13-21-18(10-11-19(21)14-22)12-15-4-2-1-3-5-15/h1-11,14H,12-13H2. The summed E-state index contributed by atoms with van der Waals surface area (Å²) in [6, 6.07) is 20.3. The lowest BCUT2D eigenvalue weighted by atomic mass is 10.1. The van der Waals surface area contributed by atoms with E-state index in [1.165, 1.54) is 17.7 Å². The Bertz CT molecular complexity index is 760. The van der Waals surface area contributed by atoms with Crippen LogP contribution in [-0.2, 0) is 13.0 Å². The van der Waals surface area contributed by atoms with E-state index in [1.807, 2.05) is 34.9 Å². The highest BCUT2D eigenvalue weighted by atomic mass is 19.1. The summed E-state index contributed by atoms with van der Waals surface area (Å²) >= 11 is 0. The summed E-state index contributed by atoms with van der Waals surface area (Å²) in [6.45, 7) is 0.559. The zero-order chi connectivity index (χ0) is 15.4. The van der Waals surface area contributed by atoms with Crippen molar-refractivity contribution < 1.29 is 9.18 Å². The van der Waals surface area contributed by atoms with Gasteiger partial charge in [-0.3, -0.25) is 4.79 Å². The average molecular weight is 293 g/mol. The second kappa shape index (κ2) is 6.39. The van der Waals surface area contributed by atoms with Gasteiger partial charge in [0.05, 0.1) is 5.69 Å². The van der Waals surface area contributed by atoms with Crippen molar-refractivity contribution in [3.05, 3.63) is 95.1 Å². The van der Waals surface area contributed by atoms with Crippen LogP contribution >= 0.6 is 0 Å². The molecule has 0 aliphatic carbocycles. The Morgan fingerprint density at radius 3 is 2.27 bits per heavy atom. The maximum atomic E-state index is 13.0. The summed E-state index contributed by atoms with van der Waals surface area (Å²) in [5.41, 5.74) is 3.86. The fraction of sp³-hybridized carbons (Fsp3) is 0.105. The molecule has 0 saturated heterocycles. The smallest absolute Gasteiger partial charge is 0.166 e. The number of rotatable bonds is 5. The zero-order valence-corrected chi connectivity index (χ0v) is 12.1. The van der Waals surface area contributed by atoms with E-state index in [0.29, 0.717) is 12.2 Å². The Morgan fingerprint density at radius 1 is 0.864 bits per heavy atom. The molecule has 22 heavy (non-hydrogen) atoms. The molecule has 0 bridgehead atoms. The number of carbonyl (C=O) groups excluding carboxylic acids is 1. The van der Waals surface area contributed by atoms with Crippen molar-refractivity contribution in [1.29, 1.82) is 0 Å². The first-order valence-electron chi connectivity index (χ1n) is 7.18. The summed E-state index contributed by atoms with van der Waals surface area (Å²) in [5, 5.41) is 0. The van der Waals surface area contributed by atoms with Gasteiger partial charge in [-0.05, 0) is 35.4 Å². The molecule has 0 N–H and O–H groups in total. The molecule has 0 atom stereocenters. The maximum Gasteiger partial charge on any atom is 0.166 e. The monoisotopic (exact) mass is 293 g/mol. The Labute approximate surface area is 128 Å². The molecule has 0 aliphatic heterocycles. The molecule has 0 saturated carbocycles. The van der Waals surface area contributed by atoms with Gasteiger partial charge in [0.25, 0.3) is 0 Å². The van der Waals surface area contributed by atoms with E-state index in [9.17, 15) is 9.18 Å². The fourth-order valence-electron chi connectivity index (χ4n) is 2.55. The van der Waals surface area contributed by atoms with Crippen molar-refractivity contribution in [3.63, 3.8) is 0 Å². The normalized spacial score (nSPS) is 10.6. The van der Waals surface area contributed by atoms with Gasteiger partial charge >= 0.3 is 0 Å². The first kappa shape index (κ1) is 14.3. The predicted octanol–water partition coefficient (Wildman–Crippen LogP) is 4.08. The molecule has 0 radical (unpaired) electrons. The van der Waals surface area contributed by atoms with Crippen LogP contribution in [0, 0.1) is 5.82 Å². The number of aldehydes is 1. The molecule has 3 heteroatoms. The maximum absolute atomic E-state index is 13.0. The number of halogens is 1. The van der Waals surface area contributed by atoms with Crippen LogP contribution < -0.4 is 0 Å². The molecule has 1 aromatic heterocycles. The molecule has 0 amide bonds. The second-order valence-electron chi connectivity index (χ2n) is 5.24. The van der Waals surface area contributed by atoms with Gasteiger partial charge in [0.1, 0.15) is 5.82 Å². The third-order valence-corrected chi connectivity index (χ3v) is 3.71. The van der Waals surface area contributed by atoms with Crippen LogP contribution in [0.3, 0.4) is 0 Å². The van der Waals surface area contributed by atoms with Crippen molar-refractivity contribution in [2.24, 2.45) is 0 Å². The van der Waals surface area contributed by atoms with Crippen LogP contribution in [-0.4, -0.2) is 10.9 Å². The third-order valence-electron chi connectivity index (χ3n) is 3.71. The Balaban J connectivity index is 1.90. The number of aromatic nitrogens is 1. The van der Waals surface area contributed by atoms with E-state index in [-0.39, 0.29) is 5.82 Å². The minimum absolute atomic E-state index is 0.253. The van der Waals surface area contributed by atoms with Gasteiger partial charge in [-0.15, -0.1) is 0 Å². The van der Waals surface area contributed by atoms with Crippen LogP contribution in [0.25, 0.3) is 0 Å². The SMILES string of the molecule is O=Cc1ccc(Cc2ccccc2)n1Cc1ccc(F)cc1.